The third kappa shape index (κ3) is 3.59. The van der Waals surface area contributed by atoms with Crippen LogP contribution >= 0.6 is 0 Å². The van der Waals surface area contributed by atoms with Gasteiger partial charge in [-0.25, -0.2) is 5.43 Å². The van der Waals surface area contributed by atoms with Gasteiger partial charge >= 0.3 is 0 Å². The number of hydrogen-bond donors (Lipinski definition) is 1. The first-order valence-corrected chi connectivity index (χ1v) is 8.11. The molecular weight excluding hydrogens is 332 g/mol. The maximum absolute atomic E-state index is 11.9. The number of nitrogens with zero attached hydrogens (tertiary/aromatic N) is 1. The van der Waals surface area contributed by atoms with Crippen molar-refractivity contribution in [2.24, 2.45) is 5.10 Å². The highest BCUT2D eigenvalue weighted by atomic mass is 16.7. The molecule has 0 aromatic heterocycles. The van der Waals surface area contributed by atoms with Crippen molar-refractivity contribution in [3.8, 4) is 17.2 Å². The van der Waals surface area contributed by atoms with Gasteiger partial charge in [0.05, 0.1) is 6.21 Å². The lowest BCUT2D eigenvalue weighted by molar-refractivity contribution is -0.123. The fourth-order valence-corrected chi connectivity index (χ4v) is 2.61. The van der Waals surface area contributed by atoms with Crippen LogP contribution in [0, 0.1) is 0 Å². The van der Waals surface area contributed by atoms with Gasteiger partial charge in [-0.15, -0.1) is 0 Å². The fourth-order valence-electron chi connectivity index (χ4n) is 2.61. The van der Waals surface area contributed by atoms with Crippen molar-refractivity contribution in [1.29, 1.82) is 0 Å². The van der Waals surface area contributed by atoms with E-state index < -0.39 is 0 Å². The Morgan fingerprint density at radius 1 is 1.04 bits per heavy atom. The van der Waals surface area contributed by atoms with Crippen molar-refractivity contribution in [1.82, 2.24) is 5.43 Å². The van der Waals surface area contributed by atoms with Gasteiger partial charge in [0.25, 0.3) is 5.91 Å². The molecule has 3 aromatic carbocycles. The largest absolute Gasteiger partial charge is 0.484 e. The first-order chi connectivity index (χ1) is 12.8. The minimum Gasteiger partial charge on any atom is -0.484 e. The van der Waals surface area contributed by atoms with Crippen LogP contribution in [0.25, 0.3) is 10.8 Å². The lowest BCUT2D eigenvalue weighted by Gasteiger charge is -2.06. The van der Waals surface area contributed by atoms with Crippen molar-refractivity contribution < 1.29 is 19.0 Å². The maximum Gasteiger partial charge on any atom is 0.277 e. The highest BCUT2D eigenvalue weighted by Gasteiger charge is 2.12. The molecule has 0 atom stereocenters. The number of hydrogen-bond acceptors (Lipinski definition) is 5. The number of amides is 1. The van der Waals surface area contributed by atoms with Crippen LogP contribution in [0.4, 0.5) is 0 Å². The molecule has 0 bridgehead atoms. The summed E-state index contributed by atoms with van der Waals surface area (Å²) in [5, 5.41) is 6.11. The standard InChI is InChI=1S/C20H16N2O4/c23-20(12-24-17-7-6-15-3-1-2-4-16(15)10-17)22-21-11-14-5-8-18-19(9-14)26-13-25-18/h1-11H,12-13H2,(H,22,23)/b21-11+. The molecule has 1 heterocycles. The Hall–Kier alpha value is -3.54. The molecule has 3 aromatic rings. The lowest BCUT2D eigenvalue weighted by Crippen LogP contribution is -2.24. The molecule has 4 rings (SSSR count). The van der Waals surface area contributed by atoms with Gasteiger partial charge in [-0.05, 0) is 46.7 Å². The smallest absolute Gasteiger partial charge is 0.277 e. The summed E-state index contributed by atoms with van der Waals surface area (Å²) in [6.45, 7) is 0.107. The monoisotopic (exact) mass is 348 g/mol. The van der Waals surface area contributed by atoms with Crippen molar-refractivity contribution in [2.45, 2.75) is 0 Å². The van der Waals surface area contributed by atoms with Crippen LogP contribution in [0.3, 0.4) is 0 Å². The van der Waals surface area contributed by atoms with E-state index in [0.717, 1.165) is 16.3 Å². The Morgan fingerprint density at radius 3 is 2.81 bits per heavy atom. The zero-order valence-electron chi connectivity index (χ0n) is 13.8. The van der Waals surface area contributed by atoms with E-state index in [1.807, 2.05) is 48.5 Å². The van der Waals surface area contributed by atoms with Gasteiger partial charge in [0.15, 0.2) is 18.1 Å². The zero-order chi connectivity index (χ0) is 17.8. The van der Waals surface area contributed by atoms with Crippen LogP contribution in [0.2, 0.25) is 0 Å². The number of carbonyl (C=O) groups excluding carboxylic acids is 1. The average molecular weight is 348 g/mol. The number of nitrogens with one attached hydrogen (secondary N) is 1. The van der Waals surface area contributed by atoms with E-state index in [2.05, 4.69) is 10.5 Å². The number of ether oxygens (including phenoxy) is 3. The minimum atomic E-state index is -0.338. The molecule has 0 spiro atoms. The summed E-state index contributed by atoms with van der Waals surface area (Å²) in [6.07, 6.45) is 1.54. The van der Waals surface area contributed by atoms with Gasteiger partial charge in [-0.2, -0.15) is 5.10 Å². The topological polar surface area (TPSA) is 69.2 Å². The summed E-state index contributed by atoms with van der Waals surface area (Å²) in [4.78, 5) is 11.9. The zero-order valence-corrected chi connectivity index (χ0v) is 13.8. The van der Waals surface area contributed by atoms with E-state index in [4.69, 9.17) is 14.2 Å². The molecule has 0 aliphatic carbocycles. The van der Waals surface area contributed by atoms with Crippen LogP contribution in [0.1, 0.15) is 5.56 Å². The van der Waals surface area contributed by atoms with Gasteiger partial charge in [-0.1, -0.05) is 30.3 Å². The molecule has 1 amide bonds. The SMILES string of the molecule is O=C(COc1ccc2ccccc2c1)N/N=C/c1ccc2c(c1)OCO2. The van der Waals surface area contributed by atoms with E-state index >= 15 is 0 Å². The van der Waals surface area contributed by atoms with Crippen molar-refractivity contribution in [2.75, 3.05) is 13.4 Å². The summed E-state index contributed by atoms with van der Waals surface area (Å²) >= 11 is 0. The predicted molar refractivity (Wildman–Crippen MR) is 97.7 cm³/mol. The Bertz CT molecular complexity index is 984. The number of carbonyl (C=O) groups is 1. The van der Waals surface area contributed by atoms with E-state index in [9.17, 15) is 4.79 Å². The van der Waals surface area contributed by atoms with Crippen LogP contribution in [-0.2, 0) is 4.79 Å². The highest BCUT2D eigenvalue weighted by Crippen LogP contribution is 2.31. The molecule has 0 radical (unpaired) electrons. The normalized spacial score (nSPS) is 12.5. The minimum absolute atomic E-state index is 0.114. The molecule has 0 saturated heterocycles. The first kappa shape index (κ1) is 16.0. The lowest BCUT2D eigenvalue weighted by atomic mass is 10.1. The molecule has 1 aliphatic rings. The quantitative estimate of drug-likeness (QED) is 0.568. The van der Waals surface area contributed by atoms with Crippen LogP contribution in [-0.4, -0.2) is 25.5 Å². The number of hydrazone groups is 1. The Kier molecular flexibility index (Phi) is 4.38. The molecule has 6 nitrogen and oxygen atoms in total. The fraction of sp³-hybridized carbons (Fsp3) is 0.100. The van der Waals surface area contributed by atoms with Crippen LogP contribution in [0.15, 0.2) is 65.8 Å². The summed E-state index contributed by atoms with van der Waals surface area (Å²) in [6, 6.07) is 19.1. The Balaban J connectivity index is 1.30. The van der Waals surface area contributed by atoms with E-state index in [-0.39, 0.29) is 19.3 Å². The van der Waals surface area contributed by atoms with Gasteiger partial charge < -0.3 is 14.2 Å². The molecule has 130 valence electrons. The van der Waals surface area contributed by atoms with Gasteiger partial charge in [-0.3, -0.25) is 4.79 Å². The third-order valence-corrected chi connectivity index (χ3v) is 3.89. The van der Waals surface area contributed by atoms with Gasteiger partial charge in [0.2, 0.25) is 6.79 Å². The second-order valence-electron chi connectivity index (χ2n) is 5.70. The molecule has 0 unspecified atom stereocenters. The first-order valence-electron chi connectivity index (χ1n) is 8.11. The molecule has 26 heavy (non-hydrogen) atoms. The third-order valence-electron chi connectivity index (χ3n) is 3.89. The van der Waals surface area contributed by atoms with Crippen molar-refractivity contribution >= 4 is 22.9 Å². The van der Waals surface area contributed by atoms with Gasteiger partial charge in [0, 0.05) is 0 Å². The molecule has 1 aliphatic heterocycles. The summed E-state index contributed by atoms with van der Waals surface area (Å²) < 4.78 is 16.1. The van der Waals surface area contributed by atoms with E-state index in [1.54, 1.807) is 12.1 Å². The van der Waals surface area contributed by atoms with E-state index in [0.29, 0.717) is 17.2 Å². The molecule has 0 saturated carbocycles. The molecule has 0 fully saturated rings. The van der Waals surface area contributed by atoms with Gasteiger partial charge in [0.1, 0.15) is 5.75 Å². The van der Waals surface area contributed by atoms with E-state index in [1.165, 1.54) is 6.21 Å². The summed E-state index contributed by atoms with van der Waals surface area (Å²) in [5.41, 5.74) is 3.24. The summed E-state index contributed by atoms with van der Waals surface area (Å²) in [5.74, 6) is 1.67. The Labute approximate surface area is 150 Å². The molecular formula is C20H16N2O4. The second kappa shape index (κ2) is 7.14. The average Bonchev–Trinajstić information content (AvgIpc) is 3.14. The van der Waals surface area contributed by atoms with Crippen molar-refractivity contribution in [3.05, 3.63) is 66.2 Å². The highest BCUT2D eigenvalue weighted by molar-refractivity contribution is 5.85. The molecule has 6 heteroatoms. The number of rotatable bonds is 5. The van der Waals surface area contributed by atoms with Crippen LogP contribution < -0.4 is 19.6 Å². The maximum atomic E-state index is 11.9. The van der Waals surface area contributed by atoms with Crippen molar-refractivity contribution in [3.63, 3.8) is 0 Å². The molecule has 1 N–H and O–H groups in total. The van der Waals surface area contributed by atoms with Crippen LogP contribution in [0.5, 0.6) is 17.2 Å². The summed E-state index contributed by atoms with van der Waals surface area (Å²) in [7, 11) is 0. The Morgan fingerprint density at radius 2 is 1.88 bits per heavy atom. The second-order valence-corrected chi connectivity index (χ2v) is 5.70. The number of fused-ring (bicyclic) bond motifs is 2. The predicted octanol–water partition coefficient (Wildman–Crippen LogP) is 3.10. The number of benzene rings is 3.